The average molecular weight is 209 g/mol. The Morgan fingerprint density at radius 3 is 2.60 bits per heavy atom. The van der Waals surface area contributed by atoms with Crippen LogP contribution in [0.3, 0.4) is 0 Å². The summed E-state index contributed by atoms with van der Waals surface area (Å²) in [5.41, 5.74) is 6.39. The van der Waals surface area contributed by atoms with Crippen molar-refractivity contribution in [1.82, 2.24) is 5.01 Å². The summed E-state index contributed by atoms with van der Waals surface area (Å²) >= 11 is 0. The topological polar surface area (TPSA) is 81.6 Å². The molecular weight excluding hydrogens is 194 g/mol. The quantitative estimate of drug-likeness (QED) is 0.418. The summed E-state index contributed by atoms with van der Waals surface area (Å²) < 4.78 is 5.10. The lowest BCUT2D eigenvalue weighted by Gasteiger charge is -2.18. The van der Waals surface area contributed by atoms with E-state index in [0.29, 0.717) is 11.3 Å². The summed E-state index contributed by atoms with van der Waals surface area (Å²) in [6, 6.07) is 6.30. The van der Waals surface area contributed by atoms with Crippen LogP contribution in [0.1, 0.15) is 11.6 Å². The van der Waals surface area contributed by atoms with Gasteiger partial charge in [0.1, 0.15) is 11.8 Å². The molecule has 1 amide bonds. The molecule has 1 rings (SSSR count). The van der Waals surface area contributed by atoms with E-state index in [0.717, 1.165) is 5.01 Å². The molecule has 5 nitrogen and oxygen atoms in total. The Balaban J connectivity index is 3.00. The highest BCUT2D eigenvalue weighted by Gasteiger charge is 2.20. The molecule has 15 heavy (non-hydrogen) atoms. The molecule has 1 unspecified atom stereocenters. The molecule has 0 spiro atoms. The van der Waals surface area contributed by atoms with Crippen molar-refractivity contribution >= 4 is 5.91 Å². The number of hydrazine groups is 1. The molecule has 0 saturated heterocycles. The Labute approximate surface area is 88.6 Å². The highest BCUT2D eigenvalue weighted by Crippen LogP contribution is 2.23. The first-order valence-electron chi connectivity index (χ1n) is 4.48. The van der Waals surface area contributed by atoms with E-state index in [1.54, 1.807) is 18.2 Å². The van der Waals surface area contributed by atoms with Crippen molar-refractivity contribution in [3.63, 3.8) is 0 Å². The maximum absolute atomic E-state index is 11.5. The Morgan fingerprint density at radius 2 is 2.07 bits per heavy atom. The number of amides is 1. The van der Waals surface area contributed by atoms with Crippen LogP contribution in [0.15, 0.2) is 24.3 Å². The van der Waals surface area contributed by atoms with Crippen molar-refractivity contribution in [3.8, 4) is 5.75 Å². The van der Waals surface area contributed by atoms with E-state index in [9.17, 15) is 4.79 Å². The van der Waals surface area contributed by atoms with Crippen LogP contribution in [0.4, 0.5) is 0 Å². The SMILES string of the molecule is COc1ccccc1C(N)C(=O)N(C)N. The van der Waals surface area contributed by atoms with Crippen LogP contribution in [0.25, 0.3) is 0 Å². The van der Waals surface area contributed by atoms with Gasteiger partial charge in [-0.2, -0.15) is 0 Å². The van der Waals surface area contributed by atoms with Gasteiger partial charge in [0, 0.05) is 12.6 Å². The molecular formula is C10H15N3O2. The van der Waals surface area contributed by atoms with Crippen LogP contribution in [-0.4, -0.2) is 25.1 Å². The molecule has 4 N–H and O–H groups in total. The number of likely N-dealkylation sites (N-methyl/N-ethyl adjacent to an activating group) is 1. The second-order valence-corrected chi connectivity index (χ2v) is 3.17. The Bertz CT molecular complexity index is 352. The van der Waals surface area contributed by atoms with Crippen LogP contribution in [-0.2, 0) is 4.79 Å². The maximum Gasteiger partial charge on any atom is 0.257 e. The normalized spacial score (nSPS) is 12.0. The van der Waals surface area contributed by atoms with Gasteiger partial charge in [-0.25, -0.2) is 5.84 Å². The van der Waals surface area contributed by atoms with E-state index in [1.807, 2.05) is 6.07 Å². The van der Waals surface area contributed by atoms with Gasteiger partial charge in [0.15, 0.2) is 0 Å². The van der Waals surface area contributed by atoms with Crippen molar-refractivity contribution < 1.29 is 9.53 Å². The molecule has 1 atom stereocenters. The van der Waals surface area contributed by atoms with E-state index in [2.05, 4.69) is 0 Å². The average Bonchev–Trinajstić information content (AvgIpc) is 2.26. The minimum absolute atomic E-state index is 0.362. The highest BCUT2D eigenvalue weighted by molar-refractivity contribution is 5.83. The van der Waals surface area contributed by atoms with E-state index in [1.165, 1.54) is 14.2 Å². The highest BCUT2D eigenvalue weighted by atomic mass is 16.5. The van der Waals surface area contributed by atoms with Crippen LogP contribution >= 0.6 is 0 Å². The lowest BCUT2D eigenvalue weighted by Crippen LogP contribution is -2.40. The Hall–Kier alpha value is -1.59. The summed E-state index contributed by atoms with van der Waals surface area (Å²) in [6.07, 6.45) is 0. The van der Waals surface area contributed by atoms with Crippen LogP contribution in [0, 0.1) is 0 Å². The van der Waals surface area contributed by atoms with Crippen molar-refractivity contribution in [2.45, 2.75) is 6.04 Å². The summed E-state index contributed by atoms with van der Waals surface area (Å²) in [5.74, 6) is 5.55. The smallest absolute Gasteiger partial charge is 0.257 e. The number of hydrogen-bond donors (Lipinski definition) is 2. The lowest BCUT2D eigenvalue weighted by atomic mass is 10.1. The maximum atomic E-state index is 11.5. The first-order chi connectivity index (χ1) is 7.07. The lowest BCUT2D eigenvalue weighted by molar-refractivity contribution is -0.131. The molecule has 0 aromatic heterocycles. The predicted octanol–water partition coefficient (Wildman–Crippen LogP) is 0.0271. The number of hydrogen-bond acceptors (Lipinski definition) is 4. The third-order valence-corrected chi connectivity index (χ3v) is 2.09. The van der Waals surface area contributed by atoms with Crippen LogP contribution in [0.2, 0.25) is 0 Å². The first kappa shape index (κ1) is 11.5. The van der Waals surface area contributed by atoms with Crippen molar-refractivity contribution in [2.75, 3.05) is 14.2 Å². The molecule has 0 radical (unpaired) electrons. The molecule has 0 aliphatic carbocycles. The van der Waals surface area contributed by atoms with Crippen LogP contribution in [0.5, 0.6) is 5.75 Å². The number of carbonyl (C=O) groups is 1. The molecule has 0 heterocycles. The van der Waals surface area contributed by atoms with Gasteiger partial charge in [0.05, 0.1) is 7.11 Å². The first-order valence-corrected chi connectivity index (χ1v) is 4.48. The monoisotopic (exact) mass is 209 g/mol. The van der Waals surface area contributed by atoms with Gasteiger partial charge < -0.3 is 10.5 Å². The number of para-hydroxylation sites is 1. The van der Waals surface area contributed by atoms with Gasteiger partial charge >= 0.3 is 0 Å². The molecule has 0 fully saturated rings. The molecule has 5 heteroatoms. The molecule has 82 valence electrons. The van der Waals surface area contributed by atoms with Gasteiger partial charge in [-0.3, -0.25) is 9.80 Å². The Kier molecular flexibility index (Phi) is 3.65. The van der Waals surface area contributed by atoms with E-state index in [4.69, 9.17) is 16.3 Å². The molecule has 0 bridgehead atoms. The van der Waals surface area contributed by atoms with Gasteiger partial charge in [-0.1, -0.05) is 18.2 Å². The van der Waals surface area contributed by atoms with Crippen LogP contribution < -0.4 is 16.3 Å². The van der Waals surface area contributed by atoms with E-state index in [-0.39, 0.29) is 5.91 Å². The third-order valence-electron chi connectivity index (χ3n) is 2.09. The van der Waals surface area contributed by atoms with Gasteiger partial charge in [0.25, 0.3) is 5.91 Å². The second kappa shape index (κ2) is 4.77. The molecule has 0 aliphatic heterocycles. The number of carbonyl (C=O) groups excluding carboxylic acids is 1. The van der Waals surface area contributed by atoms with Crippen molar-refractivity contribution in [1.29, 1.82) is 0 Å². The fourth-order valence-corrected chi connectivity index (χ4v) is 1.28. The fraction of sp³-hybridized carbons (Fsp3) is 0.300. The zero-order chi connectivity index (χ0) is 11.4. The van der Waals surface area contributed by atoms with E-state index >= 15 is 0 Å². The molecule has 0 saturated carbocycles. The number of benzene rings is 1. The van der Waals surface area contributed by atoms with Gasteiger partial charge in [-0.05, 0) is 6.07 Å². The summed E-state index contributed by atoms with van der Waals surface area (Å²) in [4.78, 5) is 11.5. The Morgan fingerprint density at radius 1 is 1.47 bits per heavy atom. The minimum Gasteiger partial charge on any atom is -0.496 e. The fourth-order valence-electron chi connectivity index (χ4n) is 1.28. The number of methoxy groups -OCH3 is 1. The number of nitrogens with zero attached hydrogens (tertiary/aromatic N) is 1. The number of ether oxygens (including phenoxy) is 1. The summed E-state index contributed by atoms with van der Waals surface area (Å²) in [5, 5.41) is 0.969. The zero-order valence-corrected chi connectivity index (χ0v) is 8.81. The minimum atomic E-state index is -0.795. The molecule has 1 aromatic rings. The van der Waals surface area contributed by atoms with Crippen molar-refractivity contribution in [3.05, 3.63) is 29.8 Å². The number of nitrogens with two attached hydrogens (primary N) is 2. The van der Waals surface area contributed by atoms with Gasteiger partial charge in [0.2, 0.25) is 0 Å². The zero-order valence-electron chi connectivity index (χ0n) is 8.81. The second-order valence-electron chi connectivity index (χ2n) is 3.17. The standard InChI is InChI=1S/C10H15N3O2/c1-13(12)10(14)9(11)7-5-3-4-6-8(7)15-2/h3-6,9H,11-12H2,1-2H3. The molecule has 1 aromatic carbocycles. The summed E-state index contributed by atoms with van der Waals surface area (Å²) in [7, 11) is 2.99. The summed E-state index contributed by atoms with van der Waals surface area (Å²) in [6.45, 7) is 0. The predicted molar refractivity (Wildman–Crippen MR) is 56.9 cm³/mol. The molecule has 0 aliphatic rings. The van der Waals surface area contributed by atoms with Crippen molar-refractivity contribution in [2.24, 2.45) is 11.6 Å². The largest absolute Gasteiger partial charge is 0.496 e. The van der Waals surface area contributed by atoms with E-state index < -0.39 is 6.04 Å². The third kappa shape index (κ3) is 2.45. The number of rotatable bonds is 3. The van der Waals surface area contributed by atoms with Gasteiger partial charge in [-0.15, -0.1) is 0 Å².